The number of nitrogens with one attached hydrogen (secondary N) is 1. The highest BCUT2D eigenvalue weighted by Gasteiger charge is 2.39. The molecule has 3 rings (SSSR count). The standard InChI is InChI=1S/C15H15N5O3S/c16-9-15(3-1-2-4-15)10-24(22,23)20-14(21)11-7-12-13(19-8-11)18-6-5-17-12/h5-8H,1-4,10H2,(H,20,21). The van der Waals surface area contributed by atoms with Crippen LogP contribution in [0.15, 0.2) is 24.7 Å². The van der Waals surface area contributed by atoms with Gasteiger partial charge in [0.25, 0.3) is 5.91 Å². The van der Waals surface area contributed by atoms with Crippen molar-refractivity contribution in [3.63, 3.8) is 0 Å². The summed E-state index contributed by atoms with van der Waals surface area (Å²) in [7, 11) is -3.92. The topological polar surface area (TPSA) is 126 Å². The van der Waals surface area contributed by atoms with Crippen LogP contribution in [0.5, 0.6) is 0 Å². The lowest BCUT2D eigenvalue weighted by Crippen LogP contribution is -2.38. The van der Waals surface area contributed by atoms with Crippen LogP contribution in [-0.2, 0) is 10.0 Å². The molecule has 124 valence electrons. The SMILES string of the molecule is N#CC1(CS(=O)(=O)NC(=O)c2cnc3nccnc3c2)CCCC1. The summed E-state index contributed by atoms with van der Waals surface area (Å²) < 4.78 is 26.6. The average Bonchev–Trinajstić information content (AvgIpc) is 3.02. The van der Waals surface area contributed by atoms with Crippen LogP contribution >= 0.6 is 0 Å². The van der Waals surface area contributed by atoms with E-state index in [-0.39, 0.29) is 11.3 Å². The van der Waals surface area contributed by atoms with Crippen LogP contribution < -0.4 is 4.72 Å². The first-order valence-electron chi connectivity index (χ1n) is 7.46. The Bertz CT molecular complexity index is 930. The minimum Gasteiger partial charge on any atom is -0.268 e. The molecule has 0 aromatic carbocycles. The Balaban J connectivity index is 1.78. The fourth-order valence-corrected chi connectivity index (χ4v) is 4.48. The Morgan fingerprint density at radius 2 is 1.96 bits per heavy atom. The van der Waals surface area contributed by atoms with E-state index >= 15 is 0 Å². The monoisotopic (exact) mass is 345 g/mol. The minimum atomic E-state index is -3.92. The molecule has 1 fully saturated rings. The molecule has 24 heavy (non-hydrogen) atoms. The first-order chi connectivity index (χ1) is 11.4. The van der Waals surface area contributed by atoms with Gasteiger partial charge in [0, 0.05) is 18.6 Å². The summed E-state index contributed by atoms with van der Waals surface area (Å²) in [6, 6.07) is 3.54. The number of hydrogen-bond donors (Lipinski definition) is 1. The fraction of sp³-hybridized carbons (Fsp3) is 0.400. The van der Waals surface area contributed by atoms with Gasteiger partial charge in [0.15, 0.2) is 5.65 Å². The van der Waals surface area contributed by atoms with Gasteiger partial charge in [0.1, 0.15) is 5.52 Å². The predicted molar refractivity (Wildman–Crippen MR) is 85.1 cm³/mol. The molecule has 9 heteroatoms. The maximum absolute atomic E-state index is 12.3. The van der Waals surface area contributed by atoms with Gasteiger partial charge in [-0.3, -0.25) is 9.78 Å². The summed E-state index contributed by atoms with van der Waals surface area (Å²) in [5, 5.41) is 9.30. The van der Waals surface area contributed by atoms with Crippen LogP contribution in [0.4, 0.5) is 0 Å². The zero-order chi connectivity index (χ0) is 17.2. The third-order valence-corrected chi connectivity index (χ3v) is 5.53. The number of rotatable bonds is 4. The third-order valence-electron chi connectivity index (χ3n) is 4.10. The van der Waals surface area contributed by atoms with Gasteiger partial charge in [-0.2, -0.15) is 5.26 Å². The van der Waals surface area contributed by atoms with Crippen molar-refractivity contribution in [1.82, 2.24) is 19.7 Å². The Labute approximate surface area is 139 Å². The minimum absolute atomic E-state index is 0.0732. The van der Waals surface area contributed by atoms with E-state index < -0.39 is 21.3 Å². The highest BCUT2D eigenvalue weighted by molar-refractivity contribution is 7.90. The van der Waals surface area contributed by atoms with Gasteiger partial charge in [-0.25, -0.2) is 23.1 Å². The van der Waals surface area contributed by atoms with E-state index in [0.717, 1.165) is 12.8 Å². The van der Waals surface area contributed by atoms with Crippen LogP contribution in [0.3, 0.4) is 0 Å². The zero-order valence-corrected chi connectivity index (χ0v) is 13.6. The molecule has 0 radical (unpaired) electrons. The molecule has 8 nitrogen and oxygen atoms in total. The fourth-order valence-electron chi connectivity index (χ4n) is 2.92. The number of pyridine rings is 1. The van der Waals surface area contributed by atoms with Crippen molar-refractivity contribution < 1.29 is 13.2 Å². The smallest absolute Gasteiger partial charge is 0.266 e. The van der Waals surface area contributed by atoms with Gasteiger partial charge in [0.2, 0.25) is 10.0 Å². The average molecular weight is 345 g/mol. The Kier molecular flexibility index (Phi) is 4.15. The molecule has 1 aliphatic carbocycles. The molecule has 1 amide bonds. The van der Waals surface area contributed by atoms with E-state index in [1.54, 1.807) is 0 Å². The molecule has 1 N–H and O–H groups in total. The van der Waals surface area contributed by atoms with Crippen molar-refractivity contribution in [3.8, 4) is 6.07 Å². The molecule has 0 bridgehead atoms. The molecule has 2 aromatic heterocycles. The third kappa shape index (κ3) is 3.33. The lowest BCUT2D eigenvalue weighted by Gasteiger charge is -2.19. The summed E-state index contributed by atoms with van der Waals surface area (Å²) in [5.74, 6) is -1.16. The second-order valence-electron chi connectivity index (χ2n) is 5.91. The quantitative estimate of drug-likeness (QED) is 0.881. The summed E-state index contributed by atoms with van der Waals surface area (Å²) in [6.45, 7) is 0. The van der Waals surface area contributed by atoms with Gasteiger partial charge >= 0.3 is 0 Å². The molecule has 0 aliphatic heterocycles. The first-order valence-corrected chi connectivity index (χ1v) is 9.11. The maximum atomic E-state index is 12.3. The number of amides is 1. The van der Waals surface area contributed by atoms with Gasteiger partial charge in [0.05, 0.1) is 22.8 Å². The molecule has 2 heterocycles. The number of nitrogens with zero attached hydrogens (tertiary/aromatic N) is 4. The highest BCUT2D eigenvalue weighted by atomic mass is 32.2. The van der Waals surface area contributed by atoms with E-state index in [0.29, 0.717) is 24.0 Å². The summed E-state index contributed by atoms with van der Waals surface area (Å²) >= 11 is 0. The summed E-state index contributed by atoms with van der Waals surface area (Å²) in [5.41, 5.74) is -0.0682. The molecule has 1 aliphatic rings. The first kappa shape index (κ1) is 16.3. The lowest BCUT2D eigenvalue weighted by atomic mass is 9.91. The lowest BCUT2D eigenvalue weighted by molar-refractivity contribution is 0.0981. The molecular weight excluding hydrogens is 330 g/mol. The second kappa shape index (κ2) is 6.13. The van der Waals surface area contributed by atoms with Gasteiger partial charge < -0.3 is 0 Å². The van der Waals surface area contributed by atoms with Crippen LogP contribution in [0.25, 0.3) is 11.2 Å². The largest absolute Gasteiger partial charge is 0.268 e. The van der Waals surface area contributed by atoms with Crippen molar-refractivity contribution in [2.75, 3.05) is 5.75 Å². The molecule has 0 spiro atoms. The van der Waals surface area contributed by atoms with Crippen LogP contribution in [0, 0.1) is 16.7 Å². The van der Waals surface area contributed by atoms with Crippen molar-refractivity contribution in [3.05, 3.63) is 30.2 Å². The van der Waals surface area contributed by atoms with E-state index in [1.165, 1.54) is 24.7 Å². The van der Waals surface area contributed by atoms with Crippen LogP contribution in [0.1, 0.15) is 36.0 Å². The van der Waals surface area contributed by atoms with Gasteiger partial charge in [-0.15, -0.1) is 0 Å². The Morgan fingerprint density at radius 3 is 2.67 bits per heavy atom. The number of nitriles is 1. The van der Waals surface area contributed by atoms with E-state index in [4.69, 9.17) is 0 Å². The molecule has 1 saturated carbocycles. The Morgan fingerprint density at radius 1 is 1.25 bits per heavy atom. The van der Waals surface area contributed by atoms with E-state index in [9.17, 15) is 18.5 Å². The summed E-state index contributed by atoms with van der Waals surface area (Å²) in [6.07, 6.45) is 6.89. The molecule has 2 aromatic rings. The number of carbonyl (C=O) groups excluding carboxylic acids is 1. The van der Waals surface area contributed by atoms with Crippen molar-refractivity contribution in [1.29, 1.82) is 5.26 Å². The highest BCUT2D eigenvalue weighted by Crippen LogP contribution is 2.38. The van der Waals surface area contributed by atoms with Crippen molar-refractivity contribution >= 4 is 27.1 Å². The molecule has 0 atom stereocenters. The number of aromatic nitrogens is 3. The van der Waals surface area contributed by atoms with Gasteiger partial charge in [-0.1, -0.05) is 12.8 Å². The molecule has 0 saturated heterocycles. The van der Waals surface area contributed by atoms with E-state index in [2.05, 4.69) is 21.0 Å². The number of sulfonamides is 1. The predicted octanol–water partition coefficient (Wildman–Crippen LogP) is 1.17. The zero-order valence-electron chi connectivity index (χ0n) is 12.8. The van der Waals surface area contributed by atoms with Gasteiger partial charge in [-0.05, 0) is 18.9 Å². The molecule has 0 unspecified atom stereocenters. The van der Waals surface area contributed by atoms with Crippen molar-refractivity contribution in [2.24, 2.45) is 5.41 Å². The Hall–Kier alpha value is -2.60. The van der Waals surface area contributed by atoms with Crippen LogP contribution in [0.2, 0.25) is 0 Å². The van der Waals surface area contributed by atoms with E-state index in [1.807, 2.05) is 4.72 Å². The number of fused-ring (bicyclic) bond motifs is 1. The summed E-state index contributed by atoms with van der Waals surface area (Å²) in [4.78, 5) is 24.2. The second-order valence-corrected chi connectivity index (χ2v) is 7.63. The van der Waals surface area contributed by atoms with Crippen LogP contribution in [-0.4, -0.2) is 35.0 Å². The van der Waals surface area contributed by atoms with Crippen molar-refractivity contribution in [2.45, 2.75) is 25.7 Å². The maximum Gasteiger partial charge on any atom is 0.266 e. The normalized spacial score (nSPS) is 16.6. The number of hydrogen-bond acceptors (Lipinski definition) is 7. The molecular formula is C15H15N5O3S. The number of carbonyl (C=O) groups is 1.